The van der Waals surface area contributed by atoms with Crippen molar-refractivity contribution in [3.05, 3.63) is 52.7 Å². The summed E-state index contributed by atoms with van der Waals surface area (Å²) in [7, 11) is 0. The number of halogens is 1. The number of aryl methyl sites for hydroxylation is 1. The van der Waals surface area contributed by atoms with Gasteiger partial charge in [-0.05, 0) is 49.8 Å². The Hall–Kier alpha value is -2.30. The van der Waals surface area contributed by atoms with E-state index in [9.17, 15) is 14.3 Å². The van der Waals surface area contributed by atoms with Crippen molar-refractivity contribution in [1.29, 1.82) is 0 Å². The van der Waals surface area contributed by atoms with Crippen LogP contribution >= 0.6 is 0 Å². The molecule has 0 amide bonds. The molecule has 4 nitrogen and oxygen atoms in total. The van der Waals surface area contributed by atoms with Crippen molar-refractivity contribution in [3.8, 4) is 5.88 Å². The summed E-state index contributed by atoms with van der Waals surface area (Å²) in [6.45, 7) is 3.75. The highest BCUT2D eigenvalue weighted by atomic mass is 19.1. The molecule has 0 radical (unpaired) electrons. The second-order valence-electron chi connectivity index (χ2n) is 7.30. The zero-order chi connectivity index (χ0) is 17.8. The second-order valence-corrected chi connectivity index (χ2v) is 7.30. The highest BCUT2D eigenvalue weighted by Crippen LogP contribution is 2.55. The number of rotatable bonds is 1. The fraction of sp³-hybridized carbons (Fsp3) is 0.450. The fourth-order valence-corrected chi connectivity index (χ4v) is 4.90. The van der Waals surface area contributed by atoms with Crippen LogP contribution in [-0.2, 0) is 16.6 Å². The lowest BCUT2D eigenvalue weighted by atomic mass is 9.53. The van der Waals surface area contributed by atoms with Gasteiger partial charge in [0, 0.05) is 23.3 Å². The Morgan fingerprint density at radius 2 is 1.92 bits per heavy atom. The predicted molar refractivity (Wildman–Crippen MR) is 90.8 cm³/mol. The first-order valence-corrected chi connectivity index (χ1v) is 8.79. The largest absolute Gasteiger partial charge is 0.493 e. The van der Waals surface area contributed by atoms with Gasteiger partial charge in [0.1, 0.15) is 17.4 Å². The summed E-state index contributed by atoms with van der Waals surface area (Å²) in [5, 5.41) is 10.4. The lowest BCUT2D eigenvalue weighted by molar-refractivity contribution is -0.128. The van der Waals surface area contributed by atoms with Crippen molar-refractivity contribution in [2.45, 2.75) is 44.9 Å². The van der Waals surface area contributed by atoms with E-state index in [2.05, 4.69) is 4.98 Å². The molecule has 1 aromatic heterocycles. The summed E-state index contributed by atoms with van der Waals surface area (Å²) in [5.74, 6) is 0.565. The number of Topliss-reactive ketones (excluding diaryl/α,β-unsaturated/α-hetero) is 1. The van der Waals surface area contributed by atoms with Crippen LogP contribution in [0.5, 0.6) is 5.88 Å². The second kappa shape index (κ2) is 5.61. The number of carbonyl (C=O) groups is 1. The zero-order valence-corrected chi connectivity index (χ0v) is 14.4. The van der Waals surface area contributed by atoms with E-state index in [-0.39, 0.29) is 29.3 Å². The average Bonchev–Trinajstić information content (AvgIpc) is 2.58. The van der Waals surface area contributed by atoms with Crippen LogP contribution in [0.2, 0.25) is 0 Å². The van der Waals surface area contributed by atoms with Crippen LogP contribution in [0, 0.1) is 24.6 Å². The lowest BCUT2D eigenvalue weighted by Gasteiger charge is -2.50. The molecule has 0 aliphatic heterocycles. The summed E-state index contributed by atoms with van der Waals surface area (Å²) in [6.07, 6.45) is 2.55. The number of fused-ring (bicyclic) bond motifs is 3. The van der Waals surface area contributed by atoms with E-state index in [0.717, 1.165) is 23.2 Å². The van der Waals surface area contributed by atoms with Crippen LogP contribution in [0.25, 0.3) is 0 Å². The minimum absolute atomic E-state index is 0.0342. The van der Waals surface area contributed by atoms with Gasteiger partial charge in [0.2, 0.25) is 5.88 Å². The highest BCUT2D eigenvalue weighted by molar-refractivity contribution is 5.83. The molecular weight excluding hydrogens is 319 g/mol. The predicted octanol–water partition coefficient (Wildman–Crippen LogP) is 3.48. The van der Waals surface area contributed by atoms with Crippen molar-refractivity contribution in [2.24, 2.45) is 11.8 Å². The Morgan fingerprint density at radius 3 is 2.64 bits per heavy atom. The number of benzene rings is 1. The van der Waals surface area contributed by atoms with Gasteiger partial charge in [0.15, 0.2) is 0 Å². The van der Waals surface area contributed by atoms with Gasteiger partial charge in [-0.25, -0.2) is 9.37 Å². The molecule has 1 aromatic carbocycles. The molecule has 0 bridgehead atoms. The van der Waals surface area contributed by atoms with Crippen molar-refractivity contribution < 1.29 is 14.3 Å². The molecule has 1 saturated carbocycles. The molecule has 2 aromatic rings. The molecule has 0 saturated heterocycles. The van der Waals surface area contributed by atoms with Crippen molar-refractivity contribution in [2.75, 3.05) is 0 Å². The first-order chi connectivity index (χ1) is 11.9. The number of carbonyl (C=O) groups excluding carboxylic acids is 1. The summed E-state index contributed by atoms with van der Waals surface area (Å²) in [4.78, 5) is 21.2. The molecule has 2 aliphatic rings. The summed E-state index contributed by atoms with van der Waals surface area (Å²) >= 11 is 0. The van der Waals surface area contributed by atoms with E-state index in [1.165, 1.54) is 12.1 Å². The summed E-state index contributed by atoms with van der Waals surface area (Å²) in [5.41, 5.74) is 2.09. The number of hydrogen-bond acceptors (Lipinski definition) is 4. The SMILES string of the molecule is Cc1nc(O)c2c(n1)[C@@]1(c3ccc(F)cc3)CCC(=O)[C@@H](C)[C@@H]1CC2. The van der Waals surface area contributed by atoms with Gasteiger partial charge in [-0.15, -0.1) is 0 Å². The normalized spacial score (nSPS) is 28.4. The van der Waals surface area contributed by atoms with Crippen LogP contribution in [0.1, 0.15) is 48.8 Å². The van der Waals surface area contributed by atoms with Gasteiger partial charge in [-0.1, -0.05) is 19.1 Å². The molecule has 130 valence electrons. The molecule has 0 unspecified atom stereocenters. The monoisotopic (exact) mass is 340 g/mol. The van der Waals surface area contributed by atoms with Gasteiger partial charge in [-0.2, -0.15) is 4.98 Å². The quantitative estimate of drug-likeness (QED) is 0.863. The first kappa shape index (κ1) is 16.2. The topological polar surface area (TPSA) is 63.1 Å². The minimum atomic E-state index is -0.472. The lowest BCUT2D eigenvalue weighted by Crippen LogP contribution is -2.50. The van der Waals surface area contributed by atoms with Gasteiger partial charge < -0.3 is 5.11 Å². The van der Waals surface area contributed by atoms with Crippen molar-refractivity contribution in [1.82, 2.24) is 9.97 Å². The smallest absolute Gasteiger partial charge is 0.217 e. The molecule has 1 heterocycles. The molecular formula is C20H21FN2O2. The fourth-order valence-electron chi connectivity index (χ4n) is 4.90. The zero-order valence-electron chi connectivity index (χ0n) is 14.4. The van der Waals surface area contributed by atoms with Crippen LogP contribution in [-0.4, -0.2) is 20.9 Å². The van der Waals surface area contributed by atoms with Crippen LogP contribution < -0.4 is 0 Å². The molecule has 2 aliphatic carbocycles. The number of aromatic nitrogens is 2. The molecule has 3 atom stereocenters. The van der Waals surface area contributed by atoms with Crippen LogP contribution in [0.4, 0.5) is 4.39 Å². The molecule has 25 heavy (non-hydrogen) atoms. The van der Waals surface area contributed by atoms with Gasteiger partial charge in [-0.3, -0.25) is 4.79 Å². The van der Waals surface area contributed by atoms with E-state index in [1.807, 2.05) is 6.92 Å². The third-order valence-electron chi connectivity index (χ3n) is 6.09. The van der Waals surface area contributed by atoms with Gasteiger partial charge in [0.05, 0.1) is 5.69 Å². The average molecular weight is 340 g/mol. The Bertz CT molecular complexity index is 850. The Kier molecular flexibility index (Phi) is 3.63. The minimum Gasteiger partial charge on any atom is -0.493 e. The van der Waals surface area contributed by atoms with E-state index < -0.39 is 5.41 Å². The molecule has 1 N–H and O–H groups in total. The van der Waals surface area contributed by atoms with E-state index in [1.54, 1.807) is 19.1 Å². The van der Waals surface area contributed by atoms with Crippen LogP contribution in [0.15, 0.2) is 24.3 Å². The maximum absolute atomic E-state index is 13.5. The number of hydrogen-bond donors (Lipinski definition) is 1. The molecule has 5 heteroatoms. The molecule has 4 rings (SSSR count). The number of ketones is 1. The maximum atomic E-state index is 13.5. The third-order valence-corrected chi connectivity index (χ3v) is 6.09. The maximum Gasteiger partial charge on any atom is 0.217 e. The van der Waals surface area contributed by atoms with Crippen molar-refractivity contribution in [3.63, 3.8) is 0 Å². The van der Waals surface area contributed by atoms with Gasteiger partial charge >= 0.3 is 0 Å². The summed E-state index contributed by atoms with van der Waals surface area (Å²) in [6, 6.07) is 6.53. The van der Waals surface area contributed by atoms with E-state index in [0.29, 0.717) is 25.1 Å². The Morgan fingerprint density at radius 1 is 1.20 bits per heavy atom. The van der Waals surface area contributed by atoms with Crippen molar-refractivity contribution >= 4 is 5.78 Å². The molecule has 1 fully saturated rings. The Balaban J connectivity index is 2.01. The highest BCUT2D eigenvalue weighted by Gasteiger charge is 2.53. The van der Waals surface area contributed by atoms with Gasteiger partial charge in [0.25, 0.3) is 0 Å². The Labute approximate surface area is 146 Å². The van der Waals surface area contributed by atoms with Crippen LogP contribution in [0.3, 0.4) is 0 Å². The first-order valence-electron chi connectivity index (χ1n) is 8.79. The van der Waals surface area contributed by atoms with E-state index in [4.69, 9.17) is 4.98 Å². The third kappa shape index (κ3) is 2.29. The number of aromatic hydroxyl groups is 1. The standard InChI is InChI=1S/C20H21FN2O2/c1-11-16-8-7-15-18(22-12(2)23-19(15)25)20(16,10-9-17(11)24)13-3-5-14(21)6-4-13/h3-6,11,16H,7-10H2,1-2H3,(H,22,23,25)/t11-,16-,20+/m0/s1. The van der Waals surface area contributed by atoms with E-state index >= 15 is 0 Å². The molecule has 0 spiro atoms. The summed E-state index contributed by atoms with van der Waals surface area (Å²) < 4.78 is 13.5. The number of nitrogens with zero attached hydrogens (tertiary/aromatic N) is 2.